The molecule has 5 aliphatic rings. The van der Waals surface area contributed by atoms with Crippen molar-refractivity contribution >= 4 is 0 Å². The van der Waals surface area contributed by atoms with Crippen LogP contribution in [0.3, 0.4) is 0 Å². The molecular formula is C13H8F12O2. The largest absolute Gasteiger partial charge is 0.426 e. The van der Waals surface area contributed by atoms with Gasteiger partial charge in [-0.2, -0.15) is 52.7 Å². The van der Waals surface area contributed by atoms with Crippen LogP contribution in [0.25, 0.3) is 0 Å². The van der Waals surface area contributed by atoms with Crippen LogP contribution in [0, 0.1) is 29.1 Å². The summed E-state index contributed by atoms with van der Waals surface area (Å²) in [7, 11) is 0. The first-order chi connectivity index (χ1) is 11.8. The maximum absolute atomic E-state index is 13.3. The van der Waals surface area contributed by atoms with Gasteiger partial charge in [0.1, 0.15) is 0 Å². The molecule has 0 aromatic rings. The van der Waals surface area contributed by atoms with Gasteiger partial charge in [0.15, 0.2) is 0 Å². The van der Waals surface area contributed by atoms with E-state index in [1.807, 2.05) is 0 Å². The lowest BCUT2D eigenvalue weighted by molar-refractivity contribution is -0.428. The van der Waals surface area contributed by atoms with Crippen LogP contribution in [-0.4, -0.2) is 47.1 Å². The number of halogens is 12. The molecule has 5 rings (SSSR count). The van der Waals surface area contributed by atoms with Gasteiger partial charge in [0.05, 0.1) is 11.5 Å². The van der Waals surface area contributed by atoms with E-state index >= 15 is 0 Å². The molecular weight excluding hydrogens is 416 g/mol. The van der Waals surface area contributed by atoms with Crippen molar-refractivity contribution in [3.05, 3.63) is 0 Å². The maximum atomic E-state index is 13.3. The number of alkyl halides is 12. The van der Waals surface area contributed by atoms with E-state index in [1.54, 1.807) is 0 Å². The molecule has 5 fully saturated rings. The average Bonchev–Trinajstić information content (AvgIpc) is 2.79. The van der Waals surface area contributed by atoms with E-state index in [0.717, 1.165) is 0 Å². The lowest BCUT2D eigenvalue weighted by Crippen LogP contribution is -2.69. The Hall–Kier alpha value is -0.920. The van der Waals surface area contributed by atoms with E-state index in [1.165, 1.54) is 0 Å². The summed E-state index contributed by atoms with van der Waals surface area (Å²) in [5, 5.41) is 9.69. The molecule has 0 spiro atoms. The molecule has 156 valence electrons. The van der Waals surface area contributed by atoms with Crippen molar-refractivity contribution in [1.29, 1.82) is 0 Å². The molecule has 27 heavy (non-hydrogen) atoms. The van der Waals surface area contributed by atoms with Gasteiger partial charge in [-0.3, -0.25) is 0 Å². The smallest absolute Gasteiger partial charge is 0.373 e. The van der Waals surface area contributed by atoms with Crippen LogP contribution in [0.2, 0.25) is 0 Å². The zero-order chi connectivity index (χ0) is 20.8. The van der Waals surface area contributed by atoms with Crippen molar-refractivity contribution in [2.45, 2.75) is 48.4 Å². The van der Waals surface area contributed by atoms with Gasteiger partial charge >= 0.3 is 24.7 Å². The quantitative estimate of drug-likeness (QED) is 0.646. The van der Waals surface area contributed by atoms with Gasteiger partial charge in [-0.05, 0) is 24.2 Å². The van der Waals surface area contributed by atoms with Crippen LogP contribution < -0.4 is 0 Å². The molecule has 0 amide bonds. The Balaban J connectivity index is 1.88. The normalized spacial score (nSPS) is 42.8. The average molecular weight is 424 g/mol. The number of hydrogen-bond acceptors (Lipinski definition) is 2. The second kappa shape index (κ2) is 4.31. The lowest BCUT2D eigenvalue weighted by atomic mass is 9.75. The number of aliphatic hydroxyl groups is 1. The van der Waals surface area contributed by atoms with Crippen LogP contribution >= 0.6 is 0 Å². The van der Waals surface area contributed by atoms with E-state index in [2.05, 4.69) is 4.74 Å². The van der Waals surface area contributed by atoms with E-state index in [9.17, 15) is 57.8 Å². The third-order valence-electron chi connectivity index (χ3n) is 6.80. The van der Waals surface area contributed by atoms with Crippen LogP contribution in [0.5, 0.6) is 0 Å². The van der Waals surface area contributed by atoms with E-state index in [-0.39, 0.29) is 0 Å². The van der Waals surface area contributed by atoms with Gasteiger partial charge < -0.3 is 9.84 Å². The monoisotopic (exact) mass is 424 g/mol. The fraction of sp³-hybridized carbons (Fsp3) is 1.00. The van der Waals surface area contributed by atoms with Gasteiger partial charge in [0.25, 0.3) is 11.2 Å². The molecule has 14 heteroatoms. The van der Waals surface area contributed by atoms with Crippen molar-refractivity contribution in [3.8, 4) is 0 Å². The zero-order valence-corrected chi connectivity index (χ0v) is 12.5. The first kappa shape index (κ1) is 19.4. The fourth-order valence-electron chi connectivity index (χ4n) is 6.23. The molecule has 6 bridgehead atoms. The summed E-state index contributed by atoms with van der Waals surface area (Å²) in [5.41, 5.74) is -13.6. The van der Waals surface area contributed by atoms with Gasteiger partial charge in [0, 0.05) is 5.92 Å². The summed E-state index contributed by atoms with van der Waals surface area (Å²) >= 11 is 0. The van der Waals surface area contributed by atoms with Crippen molar-refractivity contribution in [1.82, 2.24) is 0 Å². The molecule has 5 unspecified atom stereocenters. The molecule has 2 nitrogen and oxygen atoms in total. The molecule has 1 saturated heterocycles. The molecule has 1 N–H and O–H groups in total. The highest BCUT2D eigenvalue weighted by Gasteiger charge is 3.05. The highest BCUT2D eigenvalue weighted by molar-refractivity contribution is 5.43. The summed E-state index contributed by atoms with van der Waals surface area (Å²) in [4.78, 5) is 0. The fourth-order valence-corrected chi connectivity index (χ4v) is 6.23. The number of rotatable bonds is 1. The third-order valence-corrected chi connectivity index (χ3v) is 6.80. The van der Waals surface area contributed by atoms with Crippen LogP contribution in [0.1, 0.15) is 6.42 Å². The zero-order valence-electron chi connectivity index (χ0n) is 12.5. The summed E-state index contributed by atoms with van der Waals surface area (Å²) < 4.78 is 163. The Bertz CT molecular complexity index is 659. The Morgan fingerprint density at radius 1 is 0.741 bits per heavy atom. The van der Waals surface area contributed by atoms with Gasteiger partial charge in [0.2, 0.25) is 0 Å². The molecule has 1 aliphatic heterocycles. The molecule has 4 saturated carbocycles. The first-order valence-corrected chi connectivity index (χ1v) is 7.49. The summed E-state index contributed by atoms with van der Waals surface area (Å²) in [6, 6.07) is 0. The molecule has 0 aromatic heterocycles. The van der Waals surface area contributed by atoms with Gasteiger partial charge in [-0.1, -0.05) is 0 Å². The Morgan fingerprint density at radius 3 is 1.52 bits per heavy atom. The highest BCUT2D eigenvalue weighted by Crippen LogP contribution is 2.93. The van der Waals surface area contributed by atoms with Gasteiger partial charge in [-0.15, -0.1) is 0 Å². The van der Waals surface area contributed by atoms with E-state index in [4.69, 9.17) is 0 Å². The number of hydrogen-bond donors (Lipinski definition) is 1. The number of ether oxygens (including phenoxy) is 1. The summed E-state index contributed by atoms with van der Waals surface area (Å²) in [5.74, 6) is -8.52. The van der Waals surface area contributed by atoms with E-state index in [0.29, 0.717) is 0 Å². The first-order valence-electron chi connectivity index (χ1n) is 7.49. The molecule has 4 aliphatic carbocycles. The standard InChI is InChI=1S/C13H8F12O2/c14-10(15,16)8(11(17,18)19)4-2-1-3-5(4)7(3,6(2)27-8)9(26,12(20,21)22)13(23,24)25/h2-6,26H,1H2/t2-,3?,4?,5?,6?,7?/m0/s1. The third kappa shape index (κ3) is 1.61. The van der Waals surface area contributed by atoms with Crippen LogP contribution in [-0.2, 0) is 4.74 Å². The molecule has 0 aromatic carbocycles. The van der Waals surface area contributed by atoms with E-state index < -0.39 is 77.5 Å². The Morgan fingerprint density at radius 2 is 1.19 bits per heavy atom. The molecule has 1 heterocycles. The molecule has 0 radical (unpaired) electrons. The van der Waals surface area contributed by atoms with Crippen molar-refractivity contribution in [2.24, 2.45) is 29.1 Å². The second-order valence-corrected chi connectivity index (χ2v) is 7.47. The Kier molecular flexibility index (Phi) is 3.10. The van der Waals surface area contributed by atoms with Gasteiger partial charge in [-0.25, -0.2) is 0 Å². The highest BCUT2D eigenvalue weighted by atomic mass is 19.4. The van der Waals surface area contributed by atoms with Crippen LogP contribution in [0.15, 0.2) is 0 Å². The minimum atomic E-state index is -6.36. The van der Waals surface area contributed by atoms with Crippen molar-refractivity contribution in [2.75, 3.05) is 0 Å². The van der Waals surface area contributed by atoms with Crippen molar-refractivity contribution < 1.29 is 62.5 Å². The minimum absolute atomic E-state index is 0.734. The molecule has 6 atom stereocenters. The minimum Gasteiger partial charge on any atom is -0.373 e. The predicted octanol–water partition coefficient (Wildman–Crippen LogP) is 3.99. The lowest BCUT2D eigenvalue weighted by Gasteiger charge is -2.46. The second-order valence-electron chi connectivity index (χ2n) is 7.47. The topological polar surface area (TPSA) is 29.5 Å². The summed E-state index contributed by atoms with van der Waals surface area (Å²) in [6.45, 7) is 0. The van der Waals surface area contributed by atoms with Crippen molar-refractivity contribution in [3.63, 3.8) is 0 Å². The van der Waals surface area contributed by atoms with Crippen LogP contribution in [0.4, 0.5) is 52.7 Å². The Labute approximate surface area is 141 Å². The maximum Gasteiger partial charge on any atom is 0.426 e. The predicted molar refractivity (Wildman–Crippen MR) is 57.8 cm³/mol. The summed E-state index contributed by atoms with van der Waals surface area (Å²) in [6.07, 6.45) is -28.3. The SMILES string of the molecule is OC(C(F)(F)F)(C(F)(F)F)C12C3C[C@@H]4C1OC(C(F)(F)F)(C(F)(F)F)C4C32.